The maximum Gasteiger partial charge on any atom is 0.273 e. The number of benzene rings is 1. The summed E-state index contributed by atoms with van der Waals surface area (Å²) in [5, 5.41) is 5.20. The molecular formula is C15H15N3O4S. The second-order valence-corrected chi connectivity index (χ2v) is 7.01. The number of rotatable bonds is 2. The molecule has 0 fully saturated rings. The van der Waals surface area contributed by atoms with E-state index >= 15 is 0 Å². The maximum absolute atomic E-state index is 12.8. The lowest BCUT2D eigenvalue weighted by molar-refractivity contribution is 0.0954. The Bertz CT molecular complexity index is 928. The van der Waals surface area contributed by atoms with Crippen LogP contribution in [0.2, 0.25) is 0 Å². The minimum atomic E-state index is -3.90. The van der Waals surface area contributed by atoms with Gasteiger partial charge in [0.1, 0.15) is 10.6 Å². The van der Waals surface area contributed by atoms with E-state index in [1.165, 1.54) is 30.5 Å². The largest absolute Gasteiger partial charge is 0.352 e. The minimum absolute atomic E-state index is 0.0401. The first kappa shape index (κ1) is 15.3. The Balaban J connectivity index is 2.19. The molecule has 8 heteroatoms. The summed E-state index contributed by atoms with van der Waals surface area (Å²) in [6.45, 7) is 3.94. The van der Waals surface area contributed by atoms with E-state index in [-0.39, 0.29) is 27.7 Å². The summed E-state index contributed by atoms with van der Waals surface area (Å²) in [4.78, 5) is 24.1. The van der Waals surface area contributed by atoms with Gasteiger partial charge in [0.25, 0.3) is 21.8 Å². The van der Waals surface area contributed by atoms with Crippen LogP contribution in [0.1, 0.15) is 33.3 Å². The van der Waals surface area contributed by atoms with E-state index in [1.54, 1.807) is 13.8 Å². The number of hydrogen-bond donors (Lipinski definition) is 2. The van der Waals surface area contributed by atoms with Gasteiger partial charge in [-0.1, -0.05) is 0 Å². The molecule has 1 aliphatic rings. The lowest BCUT2D eigenvalue weighted by Gasteiger charge is -2.10. The first-order valence-corrected chi connectivity index (χ1v) is 8.46. The molecule has 3 rings (SSSR count). The molecule has 1 aliphatic heterocycles. The number of carbonyl (C=O) groups is 2. The third-order valence-electron chi connectivity index (χ3n) is 3.52. The smallest absolute Gasteiger partial charge is 0.273 e. The molecular weight excluding hydrogens is 318 g/mol. The quantitative estimate of drug-likeness (QED) is 0.867. The molecule has 0 saturated heterocycles. The summed E-state index contributed by atoms with van der Waals surface area (Å²) >= 11 is 0. The molecule has 2 heterocycles. The standard InChI is InChI=1S/C15H15N3O4S/c1-3-16-14(19)10-4-5-13-11(7-10)17-15(20)12-6-9(2)8-18(12)23(13,21)22/h4-8H,3H2,1-2H3,(H,16,19)(H,17,20). The van der Waals surface area contributed by atoms with Crippen molar-refractivity contribution in [2.75, 3.05) is 11.9 Å². The van der Waals surface area contributed by atoms with Gasteiger partial charge in [0, 0.05) is 18.3 Å². The lowest BCUT2D eigenvalue weighted by Crippen LogP contribution is -2.23. The van der Waals surface area contributed by atoms with Gasteiger partial charge in [0.05, 0.1) is 5.69 Å². The van der Waals surface area contributed by atoms with Gasteiger partial charge in [-0.15, -0.1) is 0 Å². The van der Waals surface area contributed by atoms with Crippen LogP contribution in [0.5, 0.6) is 0 Å². The predicted octanol–water partition coefficient (Wildman–Crippen LogP) is 1.35. The van der Waals surface area contributed by atoms with E-state index in [9.17, 15) is 18.0 Å². The van der Waals surface area contributed by atoms with Gasteiger partial charge >= 0.3 is 0 Å². The Hall–Kier alpha value is -2.61. The molecule has 0 radical (unpaired) electrons. The zero-order chi connectivity index (χ0) is 16.8. The monoisotopic (exact) mass is 333 g/mol. The van der Waals surface area contributed by atoms with Gasteiger partial charge in [-0.05, 0) is 43.7 Å². The zero-order valence-electron chi connectivity index (χ0n) is 12.6. The molecule has 0 aliphatic carbocycles. The molecule has 7 nitrogen and oxygen atoms in total. The van der Waals surface area contributed by atoms with Crippen LogP contribution >= 0.6 is 0 Å². The molecule has 0 atom stereocenters. The Labute approximate surface area is 133 Å². The molecule has 120 valence electrons. The van der Waals surface area contributed by atoms with Gasteiger partial charge < -0.3 is 10.6 Å². The topological polar surface area (TPSA) is 97.3 Å². The first-order valence-electron chi connectivity index (χ1n) is 7.02. The third kappa shape index (κ3) is 2.40. The van der Waals surface area contributed by atoms with Crippen molar-refractivity contribution < 1.29 is 18.0 Å². The van der Waals surface area contributed by atoms with Crippen LogP contribution < -0.4 is 10.6 Å². The van der Waals surface area contributed by atoms with Crippen LogP contribution in [-0.4, -0.2) is 30.7 Å². The maximum atomic E-state index is 12.8. The number of amides is 2. The number of hydrogen-bond acceptors (Lipinski definition) is 4. The Morgan fingerprint density at radius 3 is 2.74 bits per heavy atom. The number of carbonyl (C=O) groups excluding carboxylic acids is 2. The summed E-state index contributed by atoms with van der Waals surface area (Å²) in [6.07, 6.45) is 1.40. The molecule has 1 aromatic heterocycles. The molecule has 0 bridgehead atoms. The van der Waals surface area contributed by atoms with Gasteiger partial charge in [-0.25, -0.2) is 12.4 Å². The van der Waals surface area contributed by atoms with E-state index in [0.29, 0.717) is 12.1 Å². The molecule has 1 aromatic carbocycles. The summed E-state index contributed by atoms with van der Waals surface area (Å²) in [7, 11) is -3.90. The molecule has 2 aromatic rings. The van der Waals surface area contributed by atoms with Crippen LogP contribution in [0.4, 0.5) is 5.69 Å². The van der Waals surface area contributed by atoms with Crippen LogP contribution in [-0.2, 0) is 10.0 Å². The highest BCUT2D eigenvalue weighted by Crippen LogP contribution is 2.30. The van der Waals surface area contributed by atoms with Crippen molar-refractivity contribution in [3.8, 4) is 0 Å². The number of nitrogens with one attached hydrogen (secondary N) is 2. The van der Waals surface area contributed by atoms with E-state index in [0.717, 1.165) is 3.97 Å². The average molecular weight is 333 g/mol. The lowest BCUT2D eigenvalue weighted by atomic mass is 10.2. The van der Waals surface area contributed by atoms with Crippen LogP contribution in [0.25, 0.3) is 0 Å². The van der Waals surface area contributed by atoms with Crippen LogP contribution in [0.15, 0.2) is 35.4 Å². The van der Waals surface area contributed by atoms with Crippen molar-refractivity contribution in [1.29, 1.82) is 0 Å². The summed E-state index contributed by atoms with van der Waals surface area (Å²) in [5.41, 5.74) is 1.09. The fourth-order valence-corrected chi connectivity index (χ4v) is 4.02. The highest BCUT2D eigenvalue weighted by atomic mass is 32.2. The predicted molar refractivity (Wildman–Crippen MR) is 84.2 cm³/mol. The fourth-order valence-electron chi connectivity index (χ4n) is 2.48. The normalized spacial score (nSPS) is 15.1. The van der Waals surface area contributed by atoms with Gasteiger partial charge in [-0.3, -0.25) is 9.59 Å². The summed E-state index contributed by atoms with van der Waals surface area (Å²) in [6, 6.07) is 5.63. The average Bonchev–Trinajstić information content (AvgIpc) is 2.87. The van der Waals surface area contributed by atoms with Gasteiger partial charge in [-0.2, -0.15) is 0 Å². The third-order valence-corrected chi connectivity index (χ3v) is 5.25. The van der Waals surface area contributed by atoms with Crippen molar-refractivity contribution in [3.05, 3.63) is 47.3 Å². The van der Waals surface area contributed by atoms with Crippen LogP contribution in [0, 0.1) is 6.92 Å². The number of anilines is 1. The molecule has 0 spiro atoms. The summed E-state index contributed by atoms with van der Waals surface area (Å²) in [5.74, 6) is -0.866. The highest BCUT2D eigenvalue weighted by molar-refractivity contribution is 7.90. The molecule has 2 N–H and O–H groups in total. The summed E-state index contributed by atoms with van der Waals surface area (Å²) < 4.78 is 26.5. The van der Waals surface area contributed by atoms with E-state index in [4.69, 9.17) is 0 Å². The zero-order valence-corrected chi connectivity index (χ0v) is 13.4. The SMILES string of the molecule is CCNC(=O)c1ccc2c(c1)NC(=O)c1cc(C)cn1S2(=O)=O. The second kappa shape index (κ2) is 5.24. The number of nitrogens with zero attached hydrogens (tertiary/aromatic N) is 1. The van der Waals surface area contributed by atoms with Crippen LogP contribution in [0.3, 0.4) is 0 Å². The number of fused-ring (bicyclic) bond motifs is 2. The molecule has 2 amide bonds. The van der Waals surface area contributed by atoms with Gasteiger partial charge in [0.2, 0.25) is 0 Å². The molecule has 0 saturated carbocycles. The van der Waals surface area contributed by atoms with Crippen molar-refractivity contribution in [1.82, 2.24) is 9.29 Å². The Morgan fingerprint density at radius 1 is 1.30 bits per heavy atom. The first-order chi connectivity index (χ1) is 10.8. The molecule has 23 heavy (non-hydrogen) atoms. The van der Waals surface area contributed by atoms with E-state index in [2.05, 4.69) is 10.6 Å². The second-order valence-electron chi connectivity index (χ2n) is 5.23. The Morgan fingerprint density at radius 2 is 2.04 bits per heavy atom. The number of aryl methyl sites for hydroxylation is 1. The highest BCUT2D eigenvalue weighted by Gasteiger charge is 2.31. The van der Waals surface area contributed by atoms with Crippen molar-refractivity contribution >= 4 is 27.5 Å². The van der Waals surface area contributed by atoms with Crippen molar-refractivity contribution in [3.63, 3.8) is 0 Å². The van der Waals surface area contributed by atoms with Crippen molar-refractivity contribution in [2.24, 2.45) is 0 Å². The van der Waals surface area contributed by atoms with Crippen molar-refractivity contribution in [2.45, 2.75) is 18.7 Å². The Kier molecular flexibility index (Phi) is 3.48. The van der Waals surface area contributed by atoms with E-state index in [1.807, 2.05) is 0 Å². The minimum Gasteiger partial charge on any atom is -0.352 e. The number of aromatic nitrogens is 1. The molecule has 0 unspecified atom stereocenters. The fraction of sp³-hybridized carbons (Fsp3) is 0.200. The van der Waals surface area contributed by atoms with Gasteiger partial charge in [0.15, 0.2) is 0 Å². The van der Waals surface area contributed by atoms with E-state index < -0.39 is 15.9 Å².